The van der Waals surface area contributed by atoms with E-state index >= 15 is 0 Å². The Labute approximate surface area is 106 Å². The quantitative estimate of drug-likeness (QED) is 0.591. The van der Waals surface area contributed by atoms with E-state index in [0.29, 0.717) is 5.75 Å². The molecule has 0 aromatic heterocycles. The highest BCUT2D eigenvalue weighted by atomic mass is 28.2. The number of rotatable bonds is 7. The molecule has 92 valence electrons. The minimum Gasteiger partial charge on any atom is -0.508 e. The lowest BCUT2D eigenvalue weighted by molar-refractivity contribution is 0.104. The van der Waals surface area contributed by atoms with Crippen LogP contribution >= 0.6 is 0 Å². The van der Waals surface area contributed by atoms with Crippen molar-refractivity contribution < 1.29 is 9.53 Å². The molecule has 2 nitrogen and oxygen atoms in total. The summed E-state index contributed by atoms with van der Waals surface area (Å²) in [4.78, 5) is 0. The van der Waals surface area contributed by atoms with Gasteiger partial charge in [-0.25, -0.2) is 0 Å². The fraction of sp³-hybridized carbons (Fsp3) is 0.286. The molecule has 0 heterocycles. The number of phenolic OH excluding ortho intramolecular Hbond substituents is 1. The Morgan fingerprint density at radius 1 is 1.24 bits per heavy atom. The van der Waals surface area contributed by atoms with Crippen LogP contribution in [0.4, 0.5) is 0 Å². The lowest BCUT2D eigenvalue weighted by atomic mass is 9.99. The standard InChI is InChI=1S/C14H20O2Si/c1-4-10-14(3,11-5-2)16-17-13-8-6-12(15)7-9-13/h4-9,15H,1-2,10-11,17H2,3H3. The van der Waals surface area contributed by atoms with Crippen LogP contribution < -0.4 is 5.19 Å². The van der Waals surface area contributed by atoms with Gasteiger partial charge in [0.1, 0.15) is 5.75 Å². The smallest absolute Gasteiger partial charge is 0.193 e. The molecule has 0 fully saturated rings. The van der Waals surface area contributed by atoms with Crippen LogP contribution in [0.3, 0.4) is 0 Å². The molecule has 0 radical (unpaired) electrons. The highest BCUT2D eigenvalue weighted by Crippen LogP contribution is 2.20. The molecule has 1 rings (SSSR count). The first-order valence-corrected chi connectivity index (χ1v) is 7.02. The van der Waals surface area contributed by atoms with Gasteiger partial charge in [0.25, 0.3) is 0 Å². The van der Waals surface area contributed by atoms with Gasteiger partial charge in [0, 0.05) is 0 Å². The van der Waals surface area contributed by atoms with Gasteiger partial charge in [-0.2, -0.15) is 0 Å². The molecule has 0 aliphatic rings. The van der Waals surface area contributed by atoms with Gasteiger partial charge < -0.3 is 9.53 Å². The average molecular weight is 248 g/mol. The van der Waals surface area contributed by atoms with E-state index in [2.05, 4.69) is 20.1 Å². The van der Waals surface area contributed by atoms with Gasteiger partial charge in [0.2, 0.25) is 0 Å². The molecule has 0 saturated heterocycles. The normalized spacial score (nSPS) is 11.8. The second-order valence-corrected chi connectivity index (χ2v) is 5.78. The fourth-order valence-electron chi connectivity index (χ4n) is 1.66. The maximum atomic E-state index is 9.20. The van der Waals surface area contributed by atoms with E-state index in [1.54, 1.807) is 12.1 Å². The van der Waals surface area contributed by atoms with Gasteiger partial charge >= 0.3 is 0 Å². The summed E-state index contributed by atoms with van der Waals surface area (Å²) < 4.78 is 6.05. The Hall–Kier alpha value is -1.32. The first-order chi connectivity index (χ1) is 8.09. The zero-order valence-corrected chi connectivity index (χ0v) is 11.8. The van der Waals surface area contributed by atoms with Crippen LogP contribution in [0.2, 0.25) is 0 Å². The molecule has 3 heteroatoms. The van der Waals surface area contributed by atoms with E-state index in [0.717, 1.165) is 12.8 Å². The third-order valence-electron chi connectivity index (χ3n) is 2.68. The monoisotopic (exact) mass is 248 g/mol. The van der Waals surface area contributed by atoms with Crippen molar-refractivity contribution in [3.8, 4) is 5.75 Å². The topological polar surface area (TPSA) is 29.5 Å². The molecule has 0 amide bonds. The van der Waals surface area contributed by atoms with Crippen molar-refractivity contribution in [2.75, 3.05) is 0 Å². The third kappa shape index (κ3) is 4.59. The Morgan fingerprint density at radius 3 is 2.24 bits per heavy atom. The summed E-state index contributed by atoms with van der Waals surface area (Å²) >= 11 is 0. The molecule has 0 unspecified atom stereocenters. The maximum absolute atomic E-state index is 9.20. The minimum absolute atomic E-state index is 0.187. The lowest BCUT2D eigenvalue weighted by Gasteiger charge is -2.28. The molecule has 0 bridgehead atoms. The highest BCUT2D eigenvalue weighted by molar-refractivity contribution is 6.47. The molecular formula is C14H20O2Si. The van der Waals surface area contributed by atoms with Gasteiger partial charge in [0.05, 0.1) is 5.60 Å². The number of benzene rings is 1. The zero-order chi connectivity index (χ0) is 12.7. The second kappa shape index (κ2) is 6.42. The molecule has 1 N–H and O–H groups in total. The van der Waals surface area contributed by atoms with Crippen LogP contribution in [0, 0.1) is 0 Å². The van der Waals surface area contributed by atoms with Crippen molar-refractivity contribution in [1.29, 1.82) is 0 Å². The average Bonchev–Trinajstić information content (AvgIpc) is 2.29. The number of hydrogen-bond acceptors (Lipinski definition) is 2. The third-order valence-corrected chi connectivity index (χ3v) is 4.32. The van der Waals surface area contributed by atoms with Crippen LogP contribution in [-0.2, 0) is 4.43 Å². The van der Waals surface area contributed by atoms with Crippen LogP contribution in [-0.4, -0.2) is 20.5 Å². The molecule has 0 atom stereocenters. The number of aromatic hydroxyl groups is 1. The molecule has 0 aliphatic carbocycles. The van der Waals surface area contributed by atoms with E-state index in [1.165, 1.54) is 5.19 Å². The summed E-state index contributed by atoms with van der Waals surface area (Å²) in [5, 5.41) is 10.4. The SMILES string of the molecule is C=CCC(C)(CC=C)O[SiH2]c1ccc(O)cc1. The summed E-state index contributed by atoms with van der Waals surface area (Å²) in [7, 11) is -0.779. The van der Waals surface area contributed by atoms with Gasteiger partial charge in [-0.05, 0) is 37.1 Å². The number of hydrogen-bond donors (Lipinski definition) is 1. The second-order valence-electron chi connectivity index (χ2n) is 4.39. The Kier molecular flexibility index (Phi) is 5.19. The predicted molar refractivity (Wildman–Crippen MR) is 75.4 cm³/mol. The van der Waals surface area contributed by atoms with Crippen molar-refractivity contribution in [3.63, 3.8) is 0 Å². The molecular weight excluding hydrogens is 228 g/mol. The van der Waals surface area contributed by atoms with Crippen molar-refractivity contribution in [2.24, 2.45) is 0 Å². The Morgan fingerprint density at radius 2 is 1.76 bits per heavy atom. The van der Waals surface area contributed by atoms with E-state index in [1.807, 2.05) is 24.3 Å². The molecule has 1 aromatic rings. The first-order valence-electron chi connectivity index (χ1n) is 5.73. The van der Waals surface area contributed by atoms with E-state index < -0.39 is 9.76 Å². The van der Waals surface area contributed by atoms with Gasteiger partial charge in [-0.1, -0.05) is 24.3 Å². The molecule has 0 spiro atoms. The van der Waals surface area contributed by atoms with Crippen LogP contribution in [0.1, 0.15) is 19.8 Å². The molecule has 0 aliphatic heterocycles. The predicted octanol–water partition coefficient (Wildman–Crippen LogP) is 2.03. The van der Waals surface area contributed by atoms with Crippen LogP contribution in [0.15, 0.2) is 49.6 Å². The van der Waals surface area contributed by atoms with E-state index in [9.17, 15) is 5.11 Å². The molecule has 1 aromatic carbocycles. The minimum atomic E-state index is -0.779. The summed E-state index contributed by atoms with van der Waals surface area (Å²) in [6.45, 7) is 9.61. The van der Waals surface area contributed by atoms with Crippen molar-refractivity contribution in [3.05, 3.63) is 49.6 Å². The highest BCUT2D eigenvalue weighted by Gasteiger charge is 2.21. The summed E-state index contributed by atoms with van der Waals surface area (Å²) in [6, 6.07) is 7.24. The maximum Gasteiger partial charge on any atom is 0.193 e. The summed E-state index contributed by atoms with van der Waals surface area (Å²) in [6.07, 6.45) is 5.41. The fourth-order valence-corrected chi connectivity index (χ4v) is 2.84. The molecule has 0 saturated carbocycles. The lowest BCUT2D eigenvalue weighted by Crippen LogP contribution is -2.33. The van der Waals surface area contributed by atoms with E-state index in [-0.39, 0.29) is 5.60 Å². The Bertz CT molecular complexity index is 360. The van der Waals surface area contributed by atoms with Gasteiger partial charge in [-0.15, -0.1) is 13.2 Å². The van der Waals surface area contributed by atoms with Gasteiger partial charge in [0.15, 0.2) is 9.76 Å². The summed E-state index contributed by atoms with van der Waals surface area (Å²) in [5.74, 6) is 0.294. The van der Waals surface area contributed by atoms with Crippen molar-refractivity contribution >= 4 is 14.9 Å². The number of phenols is 1. The van der Waals surface area contributed by atoms with Crippen LogP contribution in [0.25, 0.3) is 0 Å². The van der Waals surface area contributed by atoms with E-state index in [4.69, 9.17) is 4.43 Å². The summed E-state index contributed by atoms with van der Waals surface area (Å²) in [5.41, 5.74) is -0.187. The van der Waals surface area contributed by atoms with Gasteiger partial charge in [-0.3, -0.25) is 0 Å². The van der Waals surface area contributed by atoms with Crippen LogP contribution in [0.5, 0.6) is 5.75 Å². The first kappa shape index (κ1) is 13.7. The van der Waals surface area contributed by atoms with Crippen molar-refractivity contribution in [1.82, 2.24) is 0 Å². The largest absolute Gasteiger partial charge is 0.508 e. The molecule has 17 heavy (non-hydrogen) atoms. The Balaban J connectivity index is 2.59. The zero-order valence-electron chi connectivity index (χ0n) is 10.4. The van der Waals surface area contributed by atoms with Crippen molar-refractivity contribution in [2.45, 2.75) is 25.4 Å².